The summed E-state index contributed by atoms with van der Waals surface area (Å²) in [6.45, 7) is 3.58. The number of fused-ring (bicyclic) bond motifs is 1. The lowest BCUT2D eigenvalue weighted by atomic mass is 10.1. The van der Waals surface area contributed by atoms with Gasteiger partial charge in [-0.05, 0) is 43.9 Å². The van der Waals surface area contributed by atoms with E-state index in [0.29, 0.717) is 0 Å². The van der Waals surface area contributed by atoms with Gasteiger partial charge in [-0.2, -0.15) is 0 Å². The molecule has 1 aliphatic rings. The minimum absolute atomic E-state index is 0.0517. The van der Waals surface area contributed by atoms with Gasteiger partial charge in [0.2, 0.25) is 0 Å². The number of hydrogen-bond donors (Lipinski definition) is 1. The number of benzene rings is 1. The largest absolute Gasteiger partial charge is 0.482 e. The van der Waals surface area contributed by atoms with Crippen molar-refractivity contribution in [3.63, 3.8) is 0 Å². The van der Waals surface area contributed by atoms with Crippen LogP contribution in [0.2, 0.25) is 0 Å². The van der Waals surface area contributed by atoms with Gasteiger partial charge in [-0.15, -0.1) is 0 Å². The molecular formula is C14H19NO3. The third-order valence-electron chi connectivity index (χ3n) is 2.99. The highest BCUT2D eigenvalue weighted by Gasteiger charge is 2.22. The standard InChI is InChI=1S/C14H19NO3/c1-9(2)18-14(16)8-17-13-5-3-4-10-11(13)6-7-12(10)15/h3-5,9,12H,6-8,15H2,1-2H3. The van der Waals surface area contributed by atoms with Crippen molar-refractivity contribution in [1.29, 1.82) is 0 Å². The molecule has 0 aliphatic heterocycles. The molecule has 0 fully saturated rings. The monoisotopic (exact) mass is 249 g/mol. The number of esters is 1. The molecule has 2 N–H and O–H groups in total. The van der Waals surface area contributed by atoms with E-state index in [-0.39, 0.29) is 24.7 Å². The Morgan fingerprint density at radius 1 is 1.50 bits per heavy atom. The second-order valence-electron chi connectivity index (χ2n) is 4.80. The second-order valence-corrected chi connectivity index (χ2v) is 4.80. The van der Waals surface area contributed by atoms with Gasteiger partial charge in [0.25, 0.3) is 0 Å². The molecule has 1 aromatic rings. The molecule has 0 heterocycles. The summed E-state index contributed by atoms with van der Waals surface area (Å²) in [5.74, 6) is 0.408. The van der Waals surface area contributed by atoms with Crippen LogP contribution in [0.3, 0.4) is 0 Å². The van der Waals surface area contributed by atoms with Gasteiger partial charge in [-0.25, -0.2) is 4.79 Å². The third kappa shape index (κ3) is 2.82. The van der Waals surface area contributed by atoms with E-state index in [4.69, 9.17) is 15.2 Å². The van der Waals surface area contributed by atoms with E-state index in [1.807, 2.05) is 32.0 Å². The van der Waals surface area contributed by atoms with Crippen molar-refractivity contribution < 1.29 is 14.3 Å². The van der Waals surface area contributed by atoms with Crippen molar-refractivity contribution in [3.05, 3.63) is 29.3 Å². The fraction of sp³-hybridized carbons (Fsp3) is 0.500. The van der Waals surface area contributed by atoms with Crippen LogP contribution < -0.4 is 10.5 Å². The molecule has 0 radical (unpaired) electrons. The number of carbonyl (C=O) groups is 1. The highest BCUT2D eigenvalue weighted by Crippen LogP contribution is 2.35. The smallest absolute Gasteiger partial charge is 0.344 e. The van der Waals surface area contributed by atoms with Crippen LogP contribution in [0.1, 0.15) is 37.4 Å². The van der Waals surface area contributed by atoms with Crippen molar-refractivity contribution in [2.45, 2.75) is 38.8 Å². The highest BCUT2D eigenvalue weighted by atomic mass is 16.6. The fourth-order valence-corrected chi connectivity index (χ4v) is 2.22. The second kappa shape index (κ2) is 5.40. The van der Waals surface area contributed by atoms with Gasteiger partial charge in [0.15, 0.2) is 6.61 Å². The number of hydrogen-bond acceptors (Lipinski definition) is 4. The number of carbonyl (C=O) groups excluding carboxylic acids is 1. The summed E-state index contributed by atoms with van der Waals surface area (Å²) in [7, 11) is 0. The van der Waals surface area contributed by atoms with Crippen molar-refractivity contribution in [1.82, 2.24) is 0 Å². The molecule has 0 aromatic heterocycles. The van der Waals surface area contributed by atoms with E-state index in [2.05, 4.69) is 0 Å². The van der Waals surface area contributed by atoms with Crippen LogP contribution in [-0.4, -0.2) is 18.7 Å². The molecule has 0 amide bonds. The first-order valence-corrected chi connectivity index (χ1v) is 6.27. The summed E-state index contributed by atoms with van der Waals surface area (Å²) in [6.07, 6.45) is 1.73. The Labute approximate surface area is 107 Å². The van der Waals surface area contributed by atoms with E-state index < -0.39 is 0 Å². The summed E-state index contributed by atoms with van der Waals surface area (Å²) in [5, 5.41) is 0. The summed E-state index contributed by atoms with van der Waals surface area (Å²) < 4.78 is 10.6. The van der Waals surface area contributed by atoms with Crippen LogP contribution in [0.4, 0.5) is 0 Å². The summed E-state index contributed by atoms with van der Waals surface area (Å²) in [5.41, 5.74) is 8.25. The zero-order valence-corrected chi connectivity index (χ0v) is 10.8. The highest BCUT2D eigenvalue weighted by molar-refractivity contribution is 5.71. The fourth-order valence-electron chi connectivity index (χ4n) is 2.22. The topological polar surface area (TPSA) is 61.5 Å². The van der Waals surface area contributed by atoms with Gasteiger partial charge in [0.05, 0.1) is 6.10 Å². The SMILES string of the molecule is CC(C)OC(=O)COc1cccc2c1CCC2N. The van der Waals surface area contributed by atoms with Gasteiger partial charge < -0.3 is 15.2 Å². The minimum atomic E-state index is -0.343. The Kier molecular flexibility index (Phi) is 3.87. The quantitative estimate of drug-likeness (QED) is 0.829. The summed E-state index contributed by atoms with van der Waals surface area (Å²) in [6, 6.07) is 5.89. The Morgan fingerprint density at radius 2 is 2.28 bits per heavy atom. The van der Waals surface area contributed by atoms with Crippen molar-refractivity contribution in [3.8, 4) is 5.75 Å². The normalized spacial score (nSPS) is 17.7. The molecule has 18 heavy (non-hydrogen) atoms. The average molecular weight is 249 g/mol. The molecule has 1 aromatic carbocycles. The number of ether oxygens (including phenoxy) is 2. The Bertz CT molecular complexity index is 443. The number of nitrogens with two attached hydrogens (primary N) is 1. The lowest BCUT2D eigenvalue weighted by Crippen LogP contribution is -2.19. The van der Waals surface area contributed by atoms with E-state index in [9.17, 15) is 4.79 Å². The van der Waals surface area contributed by atoms with E-state index in [0.717, 1.165) is 29.7 Å². The third-order valence-corrected chi connectivity index (χ3v) is 2.99. The average Bonchev–Trinajstić information content (AvgIpc) is 2.68. The lowest BCUT2D eigenvalue weighted by molar-refractivity contribution is -0.149. The zero-order valence-electron chi connectivity index (χ0n) is 10.8. The van der Waals surface area contributed by atoms with Crippen LogP contribution in [0, 0.1) is 0 Å². The molecule has 0 spiro atoms. The molecule has 0 saturated heterocycles. The first-order valence-electron chi connectivity index (χ1n) is 6.27. The predicted octanol–water partition coefficient (Wildman–Crippen LogP) is 1.96. The summed E-state index contributed by atoms with van der Waals surface area (Å²) in [4.78, 5) is 11.4. The first kappa shape index (κ1) is 12.9. The van der Waals surface area contributed by atoms with Gasteiger partial charge in [0, 0.05) is 6.04 Å². The van der Waals surface area contributed by atoms with Gasteiger partial charge >= 0.3 is 5.97 Å². The first-order chi connectivity index (χ1) is 8.58. The van der Waals surface area contributed by atoms with Crippen molar-refractivity contribution >= 4 is 5.97 Å². The molecule has 1 unspecified atom stereocenters. The molecule has 98 valence electrons. The van der Waals surface area contributed by atoms with Crippen molar-refractivity contribution in [2.24, 2.45) is 5.73 Å². The van der Waals surface area contributed by atoms with Gasteiger partial charge in [-0.3, -0.25) is 0 Å². The van der Waals surface area contributed by atoms with Gasteiger partial charge in [0.1, 0.15) is 5.75 Å². The van der Waals surface area contributed by atoms with Crippen LogP contribution >= 0.6 is 0 Å². The maximum Gasteiger partial charge on any atom is 0.344 e. The van der Waals surface area contributed by atoms with Crippen LogP contribution in [0.15, 0.2) is 18.2 Å². The zero-order chi connectivity index (χ0) is 13.1. The van der Waals surface area contributed by atoms with Crippen LogP contribution in [0.5, 0.6) is 5.75 Å². The maximum atomic E-state index is 11.4. The van der Waals surface area contributed by atoms with Crippen LogP contribution in [0.25, 0.3) is 0 Å². The minimum Gasteiger partial charge on any atom is -0.482 e. The molecule has 4 heteroatoms. The maximum absolute atomic E-state index is 11.4. The Hall–Kier alpha value is -1.55. The van der Waals surface area contributed by atoms with E-state index in [1.54, 1.807) is 0 Å². The van der Waals surface area contributed by atoms with Crippen LogP contribution in [-0.2, 0) is 16.0 Å². The molecule has 4 nitrogen and oxygen atoms in total. The predicted molar refractivity (Wildman–Crippen MR) is 68.4 cm³/mol. The lowest BCUT2D eigenvalue weighted by Gasteiger charge is -2.12. The molecular weight excluding hydrogens is 230 g/mol. The molecule has 2 rings (SSSR count). The van der Waals surface area contributed by atoms with E-state index >= 15 is 0 Å². The molecule has 0 bridgehead atoms. The number of rotatable bonds is 4. The molecule has 0 saturated carbocycles. The Balaban J connectivity index is 2.01. The van der Waals surface area contributed by atoms with Crippen molar-refractivity contribution in [2.75, 3.05) is 6.61 Å². The van der Waals surface area contributed by atoms with E-state index in [1.165, 1.54) is 0 Å². The Morgan fingerprint density at radius 3 is 3.00 bits per heavy atom. The molecule has 1 aliphatic carbocycles. The van der Waals surface area contributed by atoms with Gasteiger partial charge in [-0.1, -0.05) is 12.1 Å². The summed E-state index contributed by atoms with van der Waals surface area (Å²) >= 11 is 0. The molecule has 1 atom stereocenters.